The Labute approximate surface area is 258 Å². The maximum Gasteiger partial charge on any atom is 0.279 e. The van der Waals surface area contributed by atoms with Crippen molar-refractivity contribution in [3.63, 3.8) is 0 Å². The van der Waals surface area contributed by atoms with Gasteiger partial charge in [-0.1, -0.05) is 24.0 Å². The number of ether oxygens (including phenoxy) is 3. The SMILES string of the molecule is CNC(=O)C(C)(C(=O)NOC1CCCCO1)N(C)C(=O)c1ccc(C#Cc2ccc(C(CO)OC3CCCCO3)cc2)cc1. The van der Waals surface area contributed by atoms with Crippen molar-refractivity contribution in [1.82, 2.24) is 15.7 Å². The van der Waals surface area contributed by atoms with Crippen LogP contribution in [0.2, 0.25) is 0 Å². The zero-order valence-electron chi connectivity index (χ0n) is 25.5. The quantitative estimate of drug-likeness (QED) is 0.213. The van der Waals surface area contributed by atoms with Gasteiger partial charge in [-0.2, -0.15) is 0 Å². The van der Waals surface area contributed by atoms with Crippen LogP contribution in [-0.4, -0.2) is 79.8 Å². The highest BCUT2D eigenvalue weighted by atomic mass is 16.8. The average molecular weight is 608 g/mol. The van der Waals surface area contributed by atoms with E-state index in [0.717, 1.165) is 48.1 Å². The second-order valence-electron chi connectivity index (χ2n) is 10.9. The van der Waals surface area contributed by atoms with Crippen LogP contribution in [-0.2, 0) is 28.6 Å². The first-order valence-corrected chi connectivity index (χ1v) is 14.9. The molecule has 0 radical (unpaired) electrons. The Morgan fingerprint density at radius 1 is 0.932 bits per heavy atom. The number of amides is 3. The summed E-state index contributed by atoms with van der Waals surface area (Å²) in [6.45, 7) is 2.40. The van der Waals surface area contributed by atoms with E-state index < -0.39 is 35.7 Å². The predicted molar refractivity (Wildman–Crippen MR) is 161 cm³/mol. The molecule has 2 aromatic rings. The number of hydrogen-bond donors (Lipinski definition) is 3. The number of aliphatic hydroxyl groups is 1. The van der Waals surface area contributed by atoms with Gasteiger partial charge in [-0.3, -0.25) is 14.4 Å². The standard InChI is InChI=1S/C33H41N3O8/c1-33(31(39)34-2,32(40)35-44-29-9-5-7-21-42-29)36(3)30(38)26-18-14-24(15-19-26)11-10-23-12-16-25(17-13-23)27(22-37)43-28-8-4-6-20-41-28/h12-19,27-29,37H,4-9,20-22H2,1-3H3,(H,34,39)(H,35,40). The number of aliphatic hydroxyl groups excluding tert-OH is 1. The fourth-order valence-electron chi connectivity index (χ4n) is 4.92. The van der Waals surface area contributed by atoms with Gasteiger partial charge in [0.15, 0.2) is 18.1 Å². The third-order valence-corrected chi connectivity index (χ3v) is 7.89. The first-order valence-electron chi connectivity index (χ1n) is 14.9. The number of nitrogens with zero attached hydrogens (tertiary/aromatic N) is 1. The summed E-state index contributed by atoms with van der Waals surface area (Å²) in [5.41, 5.74) is 2.97. The lowest BCUT2D eigenvalue weighted by Crippen LogP contribution is -2.65. The fraction of sp³-hybridized carbons (Fsp3) is 0.485. The summed E-state index contributed by atoms with van der Waals surface area (Å²) in [5, 5.41) is 12.3. The summed E-state index contributed by atoms with van der Waals surface area (Å²) in [4.78, 5) is 45.8. The number of hydrogen-bond acceptors (Lipinski definition) is 8. The van der Waals surface area contributed by atoms with Crippen LogP contribution in [0.5, 0.6) is 0 Å². The van der Waals surface area contributed by atoms with E-state index in [1.54, 1.807) is 24.3 Å². The Morgan fingerprint density at radius 2 is 1.50 bits per heavy atom. The lowest BCUT2D eigenvalue weighted by Gasteiger charge is -2.36. The van der Waals surface area contributed by atoms with Crippen LogP contribution in [0, 0.1) is 11.8 Å². The monoisotopic (exact) mass is 607 g/mol. The van der Waals surface area contributed by atoms with Crippen LogP contribution < -0.4 is 10.8 Å². The molecule has 2 aromatic carbocycles. The molecule has 2 fully saturated rings. The van der Waals surface area contributed by atoms with Gasteiger partial charge in [0.2, 0.25) is 0 Å². The second-order valence-corrected chi connectivity index (χ2v) is 10.9. The number of carbonyl (C=O) groups excluding carboxylic acids is 3. The number of rotatable bonds is 10. The third-order valence-electron chi connectivity index (χ3n) is 7.89. The van der Waals surface area contributed by atoms with Crippen LogP contribution in [0.1, 0.15) is 78.6 Å². The smallest absolute Gasteiger partial charge is 0.279 e. The summed E-state index contributed by atoms with van der Waals surface area (Å²) in [5.74, 6) is 4.17. The zero-order valence-corrected chi connectivity index (χ0v) is 25.5. The Hall–Kier alpha value is -3.79. The molecule has 3 amide bonds. The minimum atomic E-state index is -1.89. The van der Waals surface area contributed by atoms with Crippen LogP contribution >= 0.6 is 0 Å². The molecule has 11 nitrogen and oxygen atoms in total. The van der Waals surface area contributed by atoms with Crippen LogP contribution in [0.15, 0.2) is 48.5 Å². The van der Waals surface area contributed by atoms with Gasteiger partial charge in [-0.15, -0.1) is 0 Å². The van der Waals surface area contributed by atoms with E-state index in [1.807, 2.05) is 24.3 Å². The molecular weight excluding hydrogens is 566 g/mol. The number of hydroxylamine groups is 1. The Kier molecular flexibility index (Phi) is 11.9. The molecule has 0 saturated carbocycles. The van der Waals surface area contributed by atoms with E-state index in [2.05, 4.69) is 22.6 Å². The zero-order chi connectivity index (χ0) is 31.5. The van der Waals surface area contributed by atoms with Crippen LogP contribution in [0.4, 0.5) is 0 Å². The van der Waals surface area contributed by atoms with Gasteiger partial charge >= 0.3 is 0 Å². The topological polar surface area (TPSA) is 136 Å². The van der Waals surface area contributed by atoms with E-state index in [9.17, 15) is 19.5 Å². The molecule has 0 aromatic heterocycles. The Bertz CT molecular complexity index is 1330. The van der Waals surface area contributed by atoms with E-state index in [1.165, 1.54) is 21.0 Å². The van der Waals surface area contributed by atoms with Crippen molar-refractivity contribution in [1.29, 1.82) is 0 Å². The number of nitrogens with one attached hydrogen (secondary N) is 2. The minimum absolute atomic E-state index is 0.152. The Morgan fingerprint density at radius 3 is 2.02 bits per heavy atom. The van der Waals surface area contributed by atoms with Crippen LogP contribution in [0.25, 0.3) is 0 Å². The van der Waals surface area contributed by atoms with Gasteiger partial charge in [0.05, 0.1) is 6.61 Å². The second kappa shape index (κ2) is 15.8. The molecule has 2 aliphatic heterocycles. The van der Waals surface area contributed by atoms with Gasteiger partial charge < -0.3 is 29.5 Å². The molecule has 3 N–H and O–H groups in total. The molecule has 2 saturated heterocycles. The molecular formula is C33H41N3O8. The molecule has 0 bridgehead atoms. The molecule has 4 unspecified atom stereocenters. The number of benzene rings is 2. The van der Waals surface area contributed by atoms with Crippen molar-refractivity contribution in [2.75, 3.05) is 33.9 Å². The summed E-state index contributed by atoms with van der Waals surface area (Å²) in [6, 6.07) is 14.0. The molecule has 236 valence electrons. The van der Waals surface area contributed by atoms with E-state index in [-0.39, 0.29) is 18.5 Å². The van der Waals surface area contributed by atoms with Crippen molar-refractivity contribution in [3.05, 3.63) is 70.8 Å². The molecule has 11 heteroatoms. The van der Waals surface area contributed by atoms with Gasteiger partial charge in [-0.05, 0) is 81.0 Å². The Balaban J connectivity index is 1.39. The van der Waals surface area contributed by atoms with Gasteiger partial charge in [-0.25, -0.2) is 10.3 Å². The predicted octanol–water partition coefficient (Wildman–Crippen LogP) is 2.81. The molecule has 44 heavy (non-hydrogen) atoms. The summed E-state index contributed by atoms with van der Waals surface area (Å²) in [7, 11) is 2.78. The molecule has 2 aliphatic rings. The number of likely N-dealkylation sites (N-methyl/N-ethyl adjacent to an activating group) is 2. The fourth-order valence-corrected chi connectivity index (χ4v) is 4.92. The third kappa shape index (κ3) is 8.22. The van der Waals surface area contributed by atoms with Crippen molar-refractivity contribution < 1.29 is 38.5 Å². The first-order chi connectivity index (χ1) is 21.3. The molecule has 0 spiro atoms. The molecule has 4 rings (SSSR count). The summed E-state index contributed by atoms with van der Waals surface area (Å²) < 4.78 is 17.0. The van der Waals surface area contributed by atoms with Crippen molar-refractivity contribution in [2.45, 2.75) is 69.7 Å². The van der Waals surface area contributed by atoms with Gasteiger partial charge in [0, 0.05) is 50.4 Å². The minimum Gasteiger partial charge on any atom is -0.393 e. The molecule has 2 heterocycles. The van der Waals surface area contributed by atoms with Crippen molar-refractivity contribution >= 4 is 17.7 Å². The lowest BCUT2D eigenvalue weighted by molar-refractivity contribution is -0.204. The highest BCUT2D eigenvalue weighted by molar-refractivity contribution is 6.12. The largest absolute Gasteiger partial charge is 0.393 e. The highest BCUT2D eigenvalue weighted by Crippen LogP contribution is 2.24. The van der Waals surface area contributed by atoms with Gasteiger partial charge in [0.25, 0.3) is 17.7 Å². The normalized spacial score (nSPS) is 20.3. The van der Waals surface area contributed by atoms with Gasteiger partial charge in [0.1, 0.15) is 6.10 Å². The highest BCUT2D eigenvalue weighted by Gasteiger charge is 2.47. The van der Waals surface area contributed by atoms with Crippen molar-refractivity contribution in [2.24, 2.45) is 0 Å². The lowest BCUT2D eigenvalue weighted by atomic mass is 9.96. The van der Waals surface area contributed by atoms with E-state index in [4.69, 9.17) is 19.0 Å². The summed E-state index contributed by atoms with van der Waals surface area (Å²) in [6.07, 6.45) is 3.92. The average Bonchev–Trinajstić information content (AvgIpc) is 3.08. The summed E-state index contributed by atoms with van der Waals surface area (Å²) >= 11 is 0. The van der Waals surface area contributed by atoms with E-state index in [0.29, 0.717) is 25.2 Å². The first kappa shape index (κ1) is 33.1. The van der Waals surface area contributed by atoms with Crippen LogP contribution in [0.3, 0.4) is 0 Å². The number of carbonyl (C=O) groups is 3. The van der Waals surface area contributed by atoms with Crippen molar-refractivity contribution in [3.8, 4) is 11.8 Å². The maximum absolute atomic E-state index is 13.4. The maximum atomic E-state index is 13.4. The molecule has 4 atom stereocenters. The molecule has 0 aliphatic carbocycles. The van der Waals surface area contributed by atoms with E-state index >= 15 is 0 Å².